The molecular formula is C30H35N7O4. The van der Waals surface area contributed by atoms with E-state index in [1.54, 1.807) is 24.7 Å². The van der Waals surface area contributed by atoms with Crippen molar-refractivity contribution < 1.29 is 9.53 Å². The Bertz CT molecular complexity index is 1790. The zero-order valence-electron chi connectivity index (χ0n) is 24.1. The number of amides is 1. The van der Waals surface area contributed by atoms with Crippen LogP contribution in [0.2, 0.25) is 0 Å². The molecule has 1 atom stereocenters. The lowest BCUT2D eigenvalue weighted by Gasteiger charge is -2.34. The van der Waals surface area contributed by atoms with Crippen molar-refractivity contribution in [3.63, 3.8) is 0 Å². The van der Waals surface area contributed by atoms with E-state index >= 15 is 0 Å². The van der Waals surface area contributed by atoms with Gasteiger partial charge in [-0.15, -0.1) is 5.92 Å². The first kappa shape index (κ1) is 28.0. The SMILES string of the molecule is CC#CCn1c(N2CCCC(NC(=O)OC(C)(C)C)C2)nc2c1c(=O)n(Cc1nccc3ccccc13)c(=O)n2C. The van der Waals surface area contributed by atoms with Crippen molar-refractivity contribution in [2.24, 2.45) is 7.05 Å². The van der Waals surface area contributed by atoms with Crippen LogP contribution in [0.1, 0.15) is 46.2 Å². The van der Waals surface area contributed by atoms with Gasteiger partial charge in [0.2, 0.25) is 5.95 Å². The first-order valence-electron chi connectivity index (χ1n) is 13.7. The Balaban J connectivity index is 1.56. The Morgan fingerprint density at radius 1 is 1.17 bits per heavy atom. The first-order chi connectivity index (χ1) is 19.6. The van der Waals surface area contributed by atoms with Crippen LogP contribution in [0, 0.1) is 11.8 Å². The quantitative estimate of drug-likeness (QED) is 0.375. The standard InChI is InChI=1S/C30H35N7O4/c1-6-7-17-36-24-25(33-27(36)35-16-10-12-21(18-35)32-28(39)41-30(2,3)4)34(5)29(40)37(26(24)38)19-23-22-13-9-8-11-20(22)14-15-31-23/h8-9,11,13-15,21H,10,12,16-19H2,1-5H3,(H,32,39). The Kier molecular flexibility index (Phi) is 7.58. The molecule has 11 heteroatoms. The zero-order chi connectivity index (χ0) is 29.3. The molecule has 0 spiro atoms. The second-order valence-corrected chi connectivity index (χ2v) is 11.2. The number of anilines is 1. The number of fused-ring (bicyclic) bond motifs is 2. The van der Waals surface area contributed by atoms with Crippen LogP contribution in [0.4, 0.5) is 10.7 Å². The summed E-state index contributed by atoms with van der Waals surface area (Å²) in [5.74, 6) is 6.49. The molecule has 0 radical (unpaired) electrons. The maximum Gasteiger partial charge on any atom is 0.407 e. The first-order valence-corrected chi connectivity index (χ1v) is 13.7. The highest BCUT2D eigenvalue weighted by molar-refractivity contribution is 5.84. The Morgan fingerprint density at radius 3 is 2.71 bits per heavy atom. The molecule has 4 heterocycles. The summed E-state index contributed by atoms with van der Waals surface area (Å²) in [5.41, 5.74) is -0.302. The van der Waals surface area contributed by atoms with Crippen LogP contribution in [0.3, 0.4) is 0 Å². The number of nitrogens with zero attached hydrogens (tertiary/aromatic N) is 6. The molecule has 0 aliphatic carbocycles. The van der Waals surface area contributed by atoms with Crippen molar-refractivity contribution in [3.8, 4) is 11.8 Å². The van der Waals surface area contributed by atoms with Gasteiger partial charge in [0, 0.05) is 37.8 Å². The number of hydrogen-bond donors (Lipinski definition) is 1. The predicted molar refractivity (Wildman–Crippen MR) is 158 cm³/mol. The van der Waals surface area contributed by atoms with Crippen molar-refractivity contribution in [3.05, 3.63) is 63.1 Å². The van der Waals surface area contributed by atoms with Gasteiger partial charge in [0.25, 0.3) is 5.56 Å². The third-order valence-corrected chi connectivity index (χ3v) is 7.12. The van der Waals surface area contributed by atoms with Crippen LogP contribution in [0.5, 0.6) is 0 Å². The van der Waals surface area contributed by atoms with Gasteiger partial charge in [-0.3, -0.25) is 23.5 Å². The summed E-state index contributed by atoms with van der Waals surface area (Å²) in [6.45, 7) is 8.61. The van der Waals surface area contributed by atoms with Gasteiger partial charge in [0.15, 0.2) is 11.2 Å². The molecule has 11 nitrogen and oxygen atoms in total. The van der Waals surface area contributed by atoms with Crippen LogP contribution < -0.4 is 21.5 Å². The van der Waals surface area contributed by atoms with Crippen LogP contribution in [0.15, 0.2) is 46.1 Å². The lowest BCUT2D eigenvalue weighted by Crippen LogP contribution is -2.49. The van der Waals surface area contributed by atoms with Gasteiger partial charge < -0.3 is 15.0 Å². The third-order valence-electron chi connectivity index (χ3n) is 7.12. The number of imidazole rings is 1. The van der Waals surface area contributed by atoms with Crippen LogP contribution in [-0.4, -0.2) is 54.5 Å². The van der Waals surface area contributed by atoms with E-state index in [9.17, 15) is 14.4 Å². The Labute approximate surface area is 237 Å². The van der Waals surface area contributed by atoms with Gasteiger partial charge >= 0.3 is 11.8 Å². The van der Waals surface area contributed by atoms with Crippen molar-refractivity contribution in [1.29, 1.82) is 0 Å². The number of benzene rings is 1. The molecule has 0 saturated carbocycles. The van der Waals surface area contributed by atoms with E-state index < -0.39 is 22.9 Å². The molecule has 0 bridgehead atoms. The van der Waals surface area contributed by atoms with Gasteiger partial charge in [-0.2, -0.15) is 4.98 Å². The van der Waals surface area contributed by atoms with Crippen molar-refractivity contribution in [2.45, 2.75) is 65.3 Å². The lowest BCUT2D eigenvalue weighted by molar-refractivity contribution is 0.0499. The minimum absolute atomic E-state index is 0.0222. The lowest BCUT2D eigenvalue weighted by atomic mass is 10.1. The van der Waals surface area contributed by atoms with E-state index in [1.807, 2.05) is 56.0 Å². The highest BCUT2D eigenvalue weighted by atomic mass is 16.6. The zero-order valence-corrected chi connectivity index (χ0v) is 24.1. The Hall–Kier alpha value is -4.59. The summed E-state index contributed by atoms with van der Waals surface area (Å²) >= 11 is 0. The third kappa shape index (κ3) is 5.68. The molecule has 1 aliphatic heterocycles. The van der Waals surface area contributed by atoms with Gasteiger partial charge in [0.05, 0.1) is 18.8 Å². The molecule has 1 unspecified atom stereocenters. The maximum atomic E-state index is 14.0. The van der Waals surface area contributed by atoms with Gasteiger partial charge in [-0.25, -0.2) is 9.59 Å². The van der Waals surface area contributed by atoms with Crippen molar-refractivity contribution in [1.82, 2.24) is 29.0 Å². The highest BCUT2D eigenvalue weighted by Crippen LogP contribution is 2.24. The summed E-state index contributed by atoms with van der Waals surface area (Å²) in [6, 6.07) is 9.49. The number of aromatic nitrogens is 5. The molecule has 1 aromatic carbocycles. The highest BCUT2D eigenvalue weighted by Gasteiger charge is 2.29. The van der Waals surface area contributed by atoms with E-state index in [-0.39, 0.29) is 24.8 Å². The van der Waals surface area contributed by atoms with E-state index in [0.717, 1.165) is 23.6 Å². The fourth-order valence-corrected chi connectivity index (χ4v) is 5.26. The summed E-state index contributed by atoms with van der Waals surface area (Å²) in [4.78, 5) is 51.2. The minimum atomic E-state index is -0.600. The molecule has 1 saturated heterocycles. The number of carbonyl (C=O) groups is 1. The van der Waals surface area contributed by atoms with E-state index in [1.165, 1.54) is 9.13 Å². The van der Waals surface area contributed by atoms with Crippen LogP contribution in [-0.2, 0) is 24.9 Å². The number of alkyl carbamates (subject to hydrolysis) is 1. The molecule has 1 aliphatic rings. The molecule has 1 N–H and O–H groups in total. The monoisotopic (exact) mass is 557 g/mol. The summed E-state index contributed by atoms with van der Waals surface area (Å²) in [6.07, 6.45) is 2.80. The van der Waals surface area contributed by atoms with E-state index in [0.29, 0.717) is 30.2 Å². The number of ether oxygens (including phenoxy) is 1. The second kappa shape index (κ2) is 11.1. The van der Waals surface area contributed by atoms with Crippen molar-refractivity contribution >= 4 is 34.0 Å². The van der Waals surface area contributed by atoms with E-state index in [2.05, 4.69) is 22.1 Å². The fraction of sp³-hybridized carbons (Fsp3) is 0.433. The smallest absolute Gasteiger partial charge is 0.407 e. The number of hydrogen-bond acceptors (Lipinski definition) is 7. The summed E-state index contributed by atoms with van der Waals surface area (Å²) in [7, 11) is 1.62. The number of carbonyl (C=O) groups excluding carboxylic acids is 1. The minimum Gasteiger partial charge on any atom is -0.444 e. The number of nitrogens with one attached hydrogen (secondary N) is 1. The van der Waals surface area contributed by atoms with Gasteiger partial charge in [-0.05, 0) is 52.0 Å². The molecule has 1 fully saturated rings. The van der Waals surface area contributed by atoms with E-state index in [4.69, 9.17) is 9.72 Å². The Morgan fingerprint density at radius 2 is 1.95 bits per heavy atom. The average molecular weight is 558 g/mol. The largest absolute Gasteiger partial charge is 0.444 e. The van der Waals surface area contributed by atoms with Crippen molar-refractivity contribution in [2.75, 3.05) is 18.0 Å². The average Bonchev–Trinajstić information content (AvgIpc) is 3.32. The molecule has 3 aromatic heterocycles. The summed E-state index contributed by atoms with van der Waals surface area (Å²) < 4.78 is 9.83. The molecule has 41 heavy (non-hydrogen) atoms. The van der Waals surface area contributed by atoms with Gasteiger partial charge in [0.1, 0.15) is 5.60 Å². The van der Waals surface area contributed by atoms with Gasteiger partial charge in [-0.1, -0.05) is 30.2 Å². The second-order valence-electron chi connectivity index (χ2n) is 11.2. The van der Waals surface area contributed by atoms with Crippen LogP contribution in [0.25, 0.3) is 21.9 Å². The molecule has 4 aromatic rings. The molecule has 5 rings (SSSR count). The molecule has 1 amide bonds. The number of piperidine rings is 1. The fourth-order valence-electron chi connectivity index (χ4n) is 5.26. The number of aryl methyl sites for hydroxylation is 1. The number of pyridine rings is 1. The number of rotatable bonds is 5. The predicted octanol–water partition coefficient (Wildman–Crippen LogP) is 3.01. The summed E-state index contributed by atoms with van der Waals surface area (Å²) in [5, 5.41) is 4.82. The normalized spacial score (nSPS) is 15.5. The maximum absolute atomic E-state index is 14.0. The topological polar surface area (TPSA) is 116 Å². The molecular weight excluding hydrogens is 522 g/mol. The molecule has 214 valence electrons. The van der Waals surface area contributed by atoms with Crippen LogP contribution >= 0.6 is 0 Å².